The maximum absolute atomic E-state index is 12.6. The van der Waals surface area contributed by atoms with Crippen LogP contribution < -0.4 is 0 Å². The third kappa shape index (κ3) is 6.59. The van der Waals surface area contributed by atoms with E-state index in [1.165, 1.54) is 6.92 Å². The van der Waals surface area contributed by atoms with E-state index in [2.05, 4.69) is 0 Å². The van der Waals surface area contributed by atoms with E-state index in [4.69, 9.17) is 4.74 Å². The van der Waals surface area contributed by atoms with E-state index in [9.17, 15) is 18.3 Å². The Morgan fingerprint density at radius 3 is 2.06 bits per heavy atom. The van der Waals surface area contributed by atoms with Gasteiger partial charge in [-0.2, -0.15) is 13.2 Å². The molecule has 0 aliphatic carbocycles. The monoisotopic (exact) mass is 270 g/mol. The van der Waals surface area contributed by atoms with Crippen LogP contribution in [0.4, 0.5) is 13.2 Å². The number of hydrogen-bond donors (Lipinski definition) is 1. The lowest BCUT2D eigenvalue weighted by Gasteiger charge is -2.29. The SMILES string of the molecule is CCCC(OC(CC)C(F)(F)F)C(O)CC(C)C. The van der Waals surface area contributed by atoms with Crippen LogP contribution in [0.1, 0.15) is 53.4 Å². The first-order valence-corrected chi connectivity index (χ1v) is 6.62. The van der Waals surface area contributed by atoms with Gasteiger partial charge in [0.05, 0.1) is 12.2 Å². The molecule has 0 radical (unpaired) electrons. The summed E-state index contributed by atoms with van der Waals surface area (Å²) in [6.07, 6.45) is -6.24. The Hall–Kier alpha value is -0.290. The van der Waals surface area contributed by atoms with Crippen molar-refractivity contribution < 1.29 is 23.0 Å². The molecule has 0 rings (SSSR count). The quantitative estimate of drug-likeness (QED) is 0.724. The van der Waals surface area contributed by atoms with Gasteiger partial charge in [-0.3, -0.25) is 0 Å². The zero-order valence-corrected chi connectivity index (χ0v) is 11.6. The minimum Gasteiger partial charge on any atom is -0.390 e. The number of hydrogen-bond acceptors (Lipinski definition) is 2. The smallest absolute Gasteiger partial charge is 0.390 e. The zero-order chi connectivity index (χ0) is 14.3. The number of ether oxygens (including phenoxy) is 1. The summed E-state index contributed by atoms with van der Waals surface area (Å²) in [4.78, 5) is 0. The molecule has 1 N–H and O–H groups in total. The molecule has 110 valence electrons. The molecule has 0 aliphatic heterocycles. The highest BCUT2D eigenvalue weighted by Crippen LogP contribution is 2.28. The van der Waals surface area contributed by atoms with Gasteiger partial charge in [0.2, 0.25) is 0 Å². The van der Waals surface area contributed by atoms with Crippen LogP contribution in [-0.4, -0.2) is 29.6 Å². The van der Waals surface area contributed by atoms with E-state index in [-0.39, 0.29) is 12.3 Å². The highest BCUT2D eigenvalue weighted by atomic mass is 19.4. The van der Waals surface area contributed by atoms with Crippen LogP contribution in [0.15, 0.2) is 0 Å². The molecular weight excluding hydrogens is 245 g/mol. The Labute approximate surface area is 108 Å². The third-order valence-electron chi connectivity index (χ3n) is 2.79. The Morgan fingerprint density at radius 1 is 1.17 bits per heavy atom. The second-order valence-electron chi connectivity index (χ2n) is 5.10. The van der Waals surface area contributed by atoms with Gasteiger partial charge >= 0.3 is 6.18 Å². The van der Waals surface area contributed by atoms with Gasteiger partial charge in [0.25, 0.3) is 0 Å². The van der Waals surface area contributed by atoms with Gasteiger partial charge < -0.3 is 9.84 Å². The number of alkyl halides is 3. The molecule has 3 atom stereocenters. The molecule has 0 saturated carbocycles. The fraction of sp³-hybridized carbons (Fsp3) is 1.00. The number of aliphatic hydroxyl groups excluding tert-OH is 1. The maximum atomic E-state index is 12.6. The summed E-state index contributed by atoms with van der Waals surface area (Å²) in [6.45, 7) is 7.16. The first kappa shape index (κ1) is 17.7. The molecule has 5 heteroatoms. The lowest BCUT2D eigenvalue weighted by atomic mass is 9.99. The van der Waals surface area contributed by atoms with Crippen molar-refractivity contribution in [1.82, 2.24) is 0 Å². The Bertz CT molecular complexity index is 217. The van der Waals surface area contributed by atoms with Crippen LogP contribution in [-0.2, 0) is 4.74 Å². The van der Waals surface area contributed by atoms with Gasteiger partial charge in [-0.1, -0.05) is 34.1 Å². The van der Waals surface area contributed by atoms with Crippen molar-refractivity contribution in [3.8, 4) is 0 Å². The Balaban J connectivity index is 4.59. The number of halogens is 3. The summed E-state index contributed by atoms with van der Waals surface area (Å²) in [5.41, 5.74) is 0. The van der Waals surface area contributed by atoms with Gasteiger partial charge in [-0.05, 0) is 25.2 Å². The molecule has 0 heterocycles. The van der Waals surface area contributed by atoms with Crippen LogP contribution in [0.3, 0.4) is 0 Å². The summed E-state index contributed by atoms with van der Waals surface area (Å²) in [5.74, 6) is 0.230. The molecule has 0 spiro atoms. The van der Waals surface area contributed by atoms with Crippen molar-refractivity contribution in [2.75, 3.05) is 0 Å². The van der Waals surface area contributed by atoms with Crippen LogP contribution in [0.25, 0.3) is 0 Å². The third-order valence-corrected chi connectivity index (χ3v) is 2.79. The van der Waals surface area contributed by atoms with Gasteiger partial charge in [0.1, 0.15) is 0 Å². The van der Waals surface area contributed by atoms with E-state index in [0.717, 1.165) is 0 Å². The van der Waals surface area contributed by atoms with E-state index < -0.39 is 24.5 Å². The predicted octanol–water partition coefficient (Wildman–Crippen LogP) is 3.92. The first-order chi connectivity index (χ1) is 8.22. The van der Waals surface area contributed by atoms with E-state index >= 15 is 0 Å². The van der Waals surface area contributed by atoms with Crippen molar-refractivity contribution >= 4 is 0 Å². The summed E-state index contributed by atoms with van der Waals surface area (Å²) >= 11 is 0. The average Bonchev–Trinajstić information content (AvgIpc) is 2.21. The van der Waals surface area contributed by atoms with Crippen molar-refractivity contribution in [3.63, 3.8) is 0 Å². The van der Waals surface area contributed by atoms with Crippen molar-refractivity contribution in [2.45, 2.75) is 77.9 Å². The van der Waals surface area contributed by atoms with Crippen LogP contribution in [0, 0.1) is 5.92 Å². The van der Waals surface area contributed by atoms with Crippen LogP contribution in [0.2, 0.25) is 0 Å². The molecule has 0 bridgehead atoms. The Morgan fingerprint density at radius 2 is 1.72 bits per heavy atom. The van der Waals surface area contributed by atoms with E-state index in [0.29, 0.717) is 19.3 Å². The lowest BCUT2D eigenvalue weighted by Crippen LogP contribution is -2.40. The predicted molar refractivity (Wildman–Crippen MR) is 65.4 cm³/mol. The van der Waals surface area contributed by atoms with Crippen molar-refractivity contribution in [3.05, 3.63) is 0 Å². The zero-order valence-electron chi connectivity index (χ0n) is 11.6. The van der Waals surface area contributed by atoms with Crippen LogP contribution >= 0.6 is 0 Å². The van der Waals surface area contributed by atoms with E-state index in [1.807, 2.05) is 20.8 Å². The highest BCUT2D eigenvalue weighted by molar-refractivity contribution is 4.75. The van der Waals surface area contributed by atoms with Gasteiger partial charge in [-0.25, -0.2) is 0 Å². The van der Waals surface area contributed by atoms with Gasteiger partial charge in [0.15, 0.2) is 6.10 Å². The minimum atomic E-state index is -4.36. The first-order valence-electron chi connectivity index (χ1n) is 6.62. The molecule has 0 aromatic rings. The molecule has 0 amide bonds. The molecular formula is C13H25F3O2. The summed E-state index contributed by atoms with van der Waals surface area (Å²) in [7, 11) is 0. The molecule has 18 heavy (non-hydrogen) atoms. The van der Waals surface area contributed by atoms with Crippen molar-refractivity contribution in [2.24, 2.45) is 5.92 Å². The molecule has 0 aromatic heterocycles. The molecule has 0 aromatic carbocycles. The summed E-state index contributed by atoms with van der Waals surface area (Å²) < 4.78 is 43.0. The molecule has 0 saturated heterocycles. The number of rotatable bonds is 8. The lowest BCUT2D eigenvalue weighted by molar-refractivity contribution is -0.243. The second kappa shape index (κ2) is 8.00. The molecule has 2 nitrogen and oxygen atoms in total. The van der Waals surface area contributed by atoms with Crippen LogP contribution in [0.5, 0.6) is 0 Å². The van der Waals surface area contributed by atoms with Gasteiger partial charge in [0, 0.05) is 0 Å². The molecule has 0 fully saturated rings. The summed E-state index contributed by atoms with van der Waals surface area (Å²) in [5, 5.41) is 9.93. The standard InChI is InChI=1S/C13H25F3O2/c1-5-7-11(10(17)8-9(3)4)18-12(6-2)13(14,15)16/h9-12,17H,5-8H2,1-4H3. The number of aliphatic hydroxyl groups is 1. The van der Waals surface area contributed by atoms with E-state index in [1.54, 1.807) is 0 Å². The average molecular weight is 270 g/mol. The molecule has 0 aliphatic rings. The summed E-state index contributed by atoms with van der Waals surface area (Å²) in [6, 6.07) is 0. The normalized spacial score (nSPS) is 17.8. The maximum Gasteiger partial charge on any atom is 0.414 e. The Kier molecular flexibility index (Phi) is 7.87. The fourth-order valence-electron chi connectivity index (χ4n) is 1.89. The largest absolute Gasteiger partial charge is 0.414 e. The van der Waals surface area contributed by atoms with Gasteiger partial charge in [-0.15, -0.1) is 0 Å². The molecule has 3 unspecified atom stereocenters. The topological polar surface area (TPSA) is 29.5 Å². The minimum absolute atomic E-state index is 0.127. The second-order valence-corrected chi connectivity index (χ2v) is 5.10. The highest BCUT2D eigenvalue weighted by Gasteiger charge is 2.41. The fourth-order valence-corrected chi connectivity index (χ4v) is 1.89. The van der Waals surface area contributed by atoms with Crippen molar-refractivity contribution in [1.29, 1.82) is 0 Å².